The van der Waals surface area contributed by atoms with Gasteiger partial charge in [-0.1, -0.05) is 36.7 Å². The third-order valence-corrected chi connectivity index (χ3v) is 3.46. The lowest BCUT2D eigenvalue weighted by Crippen LogP contribution is -2.14. The third kappa shape index (κ3) is 2.73. The Bertz CT molecular complexity index is 812. The van der Waals surface area contributed by atoms with E-state index < -0.39 is 0 Å². The Hall–Kier alpha value is -2.40. The average molecular weight is 301 g/mol. The number of aryl methyl sites for hydroxylation is 1. The van der Waals surface area contributed by atoms with Gasteiger partial charge in [0.05, 0.1) is 10.5 Å². The summed E-state index contributed by atoms with van der Waals surface area (Å²) in [4.78, 5) is 16.5. The van der Waals surface area contributed by atoms with E-state index >= 15 is 0 Å². The number of carbonyl (C=O) groups excluding carboxylic acids is 1. The molecule has 1 aromatic carbocycles. The van der Waals surface area contributed by atoms with Gasteiger partial charge in [0, 0.05) is 17.1 Å². The first-order chi connectivity index (χ1) is 10.2. The van der Waals surface area contributed by atoms with Gasteiger partial charge in [0.2, 0.25) is 0 Å². The molecular formula is C15H13ClN4O. The van der Waals surface area contributed by atoms with Crippen molar-refractivity contribution in [3.8, 4) is 0 Å². The Morgan fingerprint density at radius 3 is 2.90 bits per heavy atom. The summed E-state index contributed by atoms with van der Waals surface area (Å²) < 4.78 is 0. The molecule has 0 aliphatic carbocycles. The molecule has 0 radical (unpaired) electrons. The van der Waals surface area contributed by atoms with E-state index in [-0.39, 0.29) is 11.6 Å². The van der Waals surface area contributed by atoms with Gasteiger partial charge in [-0.15, -0.1) is 0 Å². The first-order valence-electron chi connectivity index (χ1n) is 6.58. The first kappa shape index (κ1) is 13.6. The maximum atomic E-state index is 12.2. The standard InChI is InChI=1S/C15H13ClN4O/c1-2-9-7-14(20-19-9)18-15(21)13-8-11(16)10-5-3-4-6-12(10)17-13/h3-8H,2H2,1H3,(H2,18,19,20,21). The van der Waals surface area contributed by atoms with Crippen LogP contribution in [-0.2, 0) is 6.42 Å². The van der Waals surface area contributed by atoms with E-state index in [0.29, 0.717) is 16.4 Å². The highest BCUT2D eigenvalue weighted by molar-refractivity contribution is 6.35. The summed E-state index contributed by atoms with van der Waals surface area (Å²) in [6.45, 7) is 2.00. The van der Waals surface area contributed by atoms with E-state index in [1.165, 1.54) is 0 Å². The summed E-state index contributed by atoms with van der Waals surface area (Å²) >= 11 is 6.19. The lowest BCUT2D eigenvalue weighted by molar-refractivity contribution is 0.102. The van der Waals surface area contributed by atoms with Gasteiger partial charge in [-0.05, 0) is 18.6 Å². The van der Waals surface area contributed by atoms with Crippen LogP contribution in [-0.4, -0.2) is 21.1 Å². The van der Waals surface area contributed by atoms with E-state index in [9.17, 15) is 4.79 Å². The molecule has 6 heteroatoms. The predicted molar refractivity (Wildman–Crippen MR) is 82.7 cm³/mol. The topological polar surface area (TPSA) is 70.7 Å². The van der Waals surface area contributed by atoms with Gasteiger partial charge in [-0.3, -0.25) is 9.89 Å². The molecule has 0 saturated carbocycles. The van der Waals surface area contributed by atoms with Crippen LogP contribution in [0.2, 0.25) is 5.02 Å². The summed E-state index contributed by atoms with van der Waals surface area (Å²) in [5.41, 5.74) is 1.90. The van der Waals surface area contributed by atoms with Gasteiger partial charge in [0.25, 0.3) is 5.91 Å². The second-order valence-electron chi connectivity index (χ2n) is 4.59. The summed E-state index contributed by atoms with van der Waals surface area (Å²) in [5.74, 6) is 0.139. The van der Waals surface area contributed by atoms with Crippen LogP contribution in [0.1, 0.15) is 23.1 Å². The molecule has 5 nitrogen and oxygen atoms in total. The van der Waals surface area contributed by atoms with Crippen molar-refractivity contribution in [3.63, 3.8) is 0 Å². The van der Waals surface area contributed by atoms with E-state index in [1.807, 2.05) is 31.2 Å². The Labute approximate surface area is 126 Å². The number of benzene rings is 1. The maximum Gasteiger partial charge on any atom is 0.275 e. The minimum absolute atomic E-state index is 0.264. The number of rotatable bonds is 3. The SMILES string of the molecule is CCc1cc(NC(=O)c2cc(Cl)c3ccccc3n2)n[nH]1. The van der Waals surface area contributed by atoms with Crippen molar-refractivity contribution >= 4 is 34.2 Å². The number of aromatic nitrogens is 3. The van der Waals surface area contributed by atoms with Crippen LogP contribution >= 0.6 is 11.6 Å². The van der Waals surface area contributed by atoms with Gasteiger partial charge in [-0.25, -0.2) is 4.98 Å². The number of aromatic amines is 1. The molecule has 0 atom stereocenters. The van der Waals surface area contributed by atoms with Crippen LogP contribution in [0.25, 0.3) is 10.9 Å². The van der Waals surface area contributed by atoms with Crippen LogP contribution < -0.4 is 5.32 Å². The normalized spacial score (nSPS) is 10.8. The zero-order valence-electron chi connectivity index (χ0n) is 11.4. The Kier molecular flexibility index (Phi) is 3.58. The molecule has 2 aromatic heterocycles. The number of carbonyl (C=O) groups is 1. The fourth-order valence-electron chi connectivity index (χ4n) is 2.04. The summed E-state index contributed by atoms with van der Waals surface area (Å²) in [6, 6.07) is 10.8. The number of amides is 1. The summed E-state index contributed by atoms with van der Waals surface area (Å²) in [5, 5.41) is 10.9. The van der Waals surface area contributed by atoms with Crippen molar-refractivity contribution in [1.82, 2.24) is 15.2 Å². The Morgan fingerprint density at radius 2 is 2.14 bits per heavy atom. The molecule has 2 N–H and O–H groups in total. The second kappa shape index (κ2) is 5.54. The molecule has 2 heterocycles. The Morgan fingerprint density at radius 1 is 1.33 bits per heavy atom. The maximum absolute atomic E-state index is 12.2. The third-order valence-electron chi connectivity index (χ3n) is 3.15. The zero-order valence-corrected chi connectivity index (χ0v) is 12.1. The molecule has 21 heavy (non-hydrogen) atoms. The van der Waals surface area contributed by atoms with E-state index in [4.69, 9.17) is 11.6 Å². The molecule has 1 amide bonds. The quantitative estimate of drug-likeness (QED) is 0.778. The lowest BCUT2D eigenvalue weighted by Gasteiger charge is -2.05. The summed E-state index contributed by atoms with van der Waals surface area (Å²) in [6.07, 6.45) is 0.822. The van der Waals surface area contributed by atoms with Crippen molar-refractivity contribution in [2.75, 3.05) is 5.32 Å². The number of fused-ring (bicyclic) bond motifs is 1. The average Bonchev–Trinajstić information content (AvgIpc) is 2.95. The molecule has 0 unspecified atom stereocenters. The number of hydrogen-bond donors (Lipinski definition) is 2. The largest absolute Gasteiger partial charge is 0.304 e. The highest BCUT2D eigenvalue weighted by Crippen LogP contribution is 2.23. The first-order valence-corrected chi connectivity index (χ1v) is 6.96. The van der Waals surface area contributed by atoms with E-state index in [2.05, 4.69) is 20.5 Å². The smallest absolute Gasteiger partial charge is 0.275 e. The summed E-state index contributed by atoms with van der Waals surface area (Å²) in [7, 11) is 0. The second-order valence-corrected chi connectivity index (χ2v) is 5.00. The van der Waals surface area contributed by atoms with E-state index in [1.54, 1.807) is 12.1 Å². The van der Waals surface area contributed by atoms with E-state index in [0.717, 1.165) is 17.5 Å². The van der Waals surface area contributed by atoms with Crippen molar-refractivity contribution < 1.29 is 4.79 Å². The van der Waals surface area contributed by atoms with Gasteiger partial charge in [0.15, 0.2) is 5.82 Å². The molecular weight excluding hydrogens is 288 g/mol. The van der Waals surface area contributed by atoms with Crippen LogP contribution in [0, 0.1) is 0 Å². The molecule has 0 aliphatic rings. The molecule has 3 aromatic rings. The van der Waals surface area contributed by atoms with Gasteiger partial charge < -0.3 is 5.32 Å². The van der Waals surface area contributed by atoms with Crippen LogP contribution in [0.3, 0.4) is 0 Å². The molecule has 106 valence electrons. The fraction of sp³-hybridized carbons (Fsp3) is 0.133. The number of para-hydroxylation sites is 1. The number of hydrogen-bond acceptors (Lipinski definition) is 3. The van der Waals surface area contributed by atoms with Crippen molar-refractivity contribution in [1.29, 1.82) is 0 Å². The van der Waals surface area contributed by atoms with Gasteiger partial charge in [0.1, 0.15) is 5.69 Å². The monoisotopic (exact) mass is 300 g/mol. The molecule has 3 rings (SSSR count). The fourth-order valence-corrected chi connectivity index (χ4v) is 2.30. The molecule has 0 fully saturated rings. The van der Waals surface area contributed by atoms with Crippen LogP contribution in [0.4, 0.5) is 5.82 Å². The number of halogens is 1. The zero-order chi connectivity index (χ0) is 14.8. The van der Waals surface area contributed by atoms with Crippen molar-refractivity contribution in [2.45, 2.75) is 13.3 Å². The minimum Gasteiger partial charge on any atom is -0.304 e. The predicted octanol–water partition coefficient (Wildman–Crippen LogP) is 3.43. The molecule has 0 spiro atoms. The molecule has 0 bridgehead atoms. The van der Waals surface area contributed by atoms with Crippen LogP contribution in [0.15, 0.2) is 36.4 Å². The van der Waals surface area contributed by atoms with Gasteiger partial charge in [-0.2, -0.15) is 5.10 Å². The molecule has 0 saturated heterocycles. The lowest BCUT2D eigenvalue weighted by atomic mass is 10.2. The molecule has 0 aliphatic heterocycles. The Balaban J connectivity index is 1.90. The van der Waals surface area contributed by atoms with Gasteiger partial charge >= 0.3 is 0 Å². The van der Waals surface area contributed by atoms with Crippen molar-refractivity contribution in [3.05, 3.63) is 52.8 Å². The van der Waals surface area contributed by atoms with Crippen molar-refractivity contribution in [2.24, 2.45) is 0 Å². The number of nitrogens with one attached hydrogen (secondary N) is 2. The highest BCUT2D eigenvalue weighted by Gasteiger charge is 2.12. The number of nitrogens with zero attached hydrogens (tertiary/aromatic N) is 2. The number of pyridine rings is 1. The number of H-pyrrole nitrogens is 1. The number of anilines is 1. The minimum atomic E-state index is -0.336. The van der Waals surface area contributed by atoms with Crippen LogP contribution in [0.5, 0.6) is 0 Å². The highest BCUT2D eigenvalue weighted by atomic mass is 35.5.